The first kappa shape index (κ1) is 27.0. The summed E-state index contributed by atoms with van der Waals surface area (Å²) in [7, 11) is 0. The number of hydrogen-bond donors (Lipinski definition) is 0. The first-order valence-corrected chi connectivity index (χ1v) is 14.8. The fraction of sp³-hybridized carbons (Fsp3) is 0.906. The number of aliphatic imine (C=N–C) groups is 1. The molecule has 0 aliphatic heterocycles. The maximum absolute atomic E-state index is 4.81. The fourth-order valence-corrected chi connectivity index (χ4v) is 9.25. The van der Waals surface area contributed by atoms with E-state index in [0.717, 1.165) is 47.8 Å². The van der Waals surface area contributed by atoms with Crippen molar-refractivity contribution in [3.63, 3.8) is 0 Å². The third kappa shape index (κ3) is 5.64. The molecule has 4 saturated carbocycles. The van der Waals surface area contributed by atoms with E-state index in [0.29, 0.717) is 10.8 Å². The van der Waals surface area contributed by atoms with Gasteiger partial charge in [0.2, 0.25) is 0 Å². The summed E-state index contributed by atoms with van der Waals surface area (Å²) in [4.78, 5) is 4.81. The maximum atomic E-state index is 4.81. The van der Waals surface area contributed by atoms with Crippen LogP contribution in [0.4, 0.5) is 0 Å². The molecule has 0 aromatic carbocycles. The largest absolute Gasteiger partial charge is 0.266 e. The lowest BCUT2D eigenvalue weighted by Gasteiger charge is -2.57. The Hall–Kier alpha value is -0.590. The third-order valence-corrected chi connectivity index (χ3v) is 10.9. The predicted octanol–water partition coefficient (Wildman–Crippen LogP) is 10.1. The van der Waals surface area contributed by atoms with Crippen LogP contribution in [0.3, 0.4) is 0 Å². The Kier molecular flexibility index (Phi) is 8.99. The Bertz CT molecular complexity index is 699. The molecule has 4 rings (SSSR count). The van der Waals surface area contributed by atoms with Gasteiger partial charge in [0, 0.05) is 11.9 Å². The van der Waals surface area contributed by atoms with Crippen LogP contribution in [0.1, 0.15) is 133 Å². The van der Waals surface area contributed by atoms with Crippen molar-refractivity contribution in [2.75, 3.05) is 0 Å². The molecule has 33 heavy (non-hydrogen) atoms. The molecule has 1 nitrogen and oxygen atoms in total. The highest BCUT2D eigenvalue weighted by molar-refractivity contribution is 5.82. The van der Waals surface area contributed by atoms with Crippen molar-refractivity contribution in [1.29, 1.82) is 0 Å². The lowest BCUT2D eigenvalue weighted by Crippen LogP contribution is -2.49. The molecule has 190 valence electrons. The summed E-state index contributed by atoms with van der Waals surface area (Å²) in [6.07, 6.45) is 18.0. The summed E-state index contributed by atoms with van der Waals surface area (Å²) in [5, 5.41) is 0. The van der Waals surface area contributed by atoms with Crippen LogP contribution in [0.15, 0.2) is 16.8 Å². The molecule has 0 aromatic rings. The van der Waals surface area contributed by atoms with E-state index in [-0.39, 0.29) is 0 Å². The molecule has 0 spiro atoms. The van der Waals surface area contributed by atoms with Crippen LogP contribution in [0, 0.1) is 52.3 Å². The number of nitrogens with zero attached hydrogens (tertiary/aromatic N) is 1. The smallest absolute Gasteiger partial charge is 0.0256 e. The van der Waals surface area contributed by atoms with E-state index < -0.39 is 0 Å². The molecule has 8 atom stereocenters. The van der Waals surface area contributed by atoms with Gasteiger partial charge >= 0.3 is 0 Å². The second-order valence-corrected chi connectivity index (χ2v) is 13.4. The van der Waals surface area contributed by atoms with Gasteiger partial charge in [0.25, 0.3) is 0 Å². The average molecular weight is 456 g/mol. The van der Waals surface area contributed by atoms with Crippen molar-refractivity contribution in [2.45, 2.75) is 133 Å². The Balaban J connectivity index is 0.00000149. The highest BCUT2D eigenvalue weighted by atomic mass is 14.7. The normalized spacial score (nSPS) is 41.2. The van der Waals surface area contributed by atoms with Gasteiger partial charge in [0.05, 0.1) is 0 Å². The second kappa shape index (κ2) is 11.0. The zero-order chi connectivity index (χ0) is 24.4. The van der Waals surface area contributed by atoms with Crippen molar-refractivity contribution in [2.24, 2.45) is 57.2 Å². The molecule has 4 fully saturated rings. The van der Waals surface area contributed by atoms with Crippen molar-refractivity contribution in [1.82, 2.24) is 0 Å². The van der Waals surface area contributed by atoms with Gasteiger partial charge in [-0.25, -0.2) is 0 Å². The first-order chi connectivity index (χ1) is 15.6. The summed E-state index contributed by atoms with van der Waals surface area (Å²) < 4.78 is 0. The number of hydrogen-bond acceptors (Lipinski definition) is 1. The molecule has 0 bridgehead atoms. The highest BCUT2D eigenvalue weighted by Gasteiger charge is 2.57. The molecule has 0 heterocycles. The molecule has 0 saturated heterocycles. The van der Waals surface area contributed by atoms with Crippen LogP contribution in [0.25, 0.3) is 0 Å². The van der Waals surface area contributed by atoms with Gasteiger partial charge in [-0.2, -0.15) is 0 Å². The lowest BCUT2D eigenvalue weighted by molar-refractivity contribution is -0.0804. The van der Waals surface area contributed by atoms with Gasteiger partial charge in [-0.1, -0.05) is 54.0 Å². The van der Waals surface area contributed by atoms with Gasteiger partial charge in [-0.15, -0.1) is 0 Å². The quantitative estimate of drug-likeness (QED) is 0.366. The van der Waals surface area contributed by atoms with E-state index in [4.69, 9.17) is 4.99 Å². The number of rotatable bonds is 5. The maximum Gasteiger partial charge on any atom is 0.0256 e. The van der Waals surface area contributed by atoms with E-state index >= 15 is 0 Å². The Labute approximate surface area is 207 Å². The molecule has 0 radical (unpaired) electrons. The van der Waals surface area contributed by atoms with E-state index in [1.807, 2.05) is 13.8 Å². The van der Waals surface area contributed by atoms with Gasteiger partial charge < -0.3 is 0 Å². The molecule has 4 aliphatic carbocycles. The van der Waals surface area contributed by atoms with Crippen LogP contribution in [0.2, 0.25) is 0 Å². The average Bonchev–Trinajstić information content (AvgIpc) is 3.15. The number of fused-ring (bicyclic) bond motifs is 5. The fourth-order valence-electron chi connectivity index (χ4n) is 9.25. The van der Waals surface area contributed by atoms with Gasteiger partial charge in [-0.3, -0.25) is 4.99 Å². The van der Waals surface area contributed by atoms with Gasteiger partial charge in [0.15, 0.2) is 0 Å². The molecule has 7 unspecified atom stereocenters. The van der Waals surface area contributed by atoms with E-state index in [1.165, 1.54) is 69.1 Å². The zero-order valence-electron chi connectivity index (χ0n) is 23.8. The Morgan fingerprint density at radius 2 is 1.61 bits per heavy atom. The molecule has 1 heteroatoms. The zero-order valence-corrected chi connectivity index (χ0v) is 23.8. The van der Waals surface area contributed by atoms with Crippen LogP contribution in [-0.2, 0) is 0 Å². The van der Waals surface area contributed by atoms with E-state index in [1.54, 1.807) is 6.42 Å². The molecule has 0 amide bonds. The predicted molar refractivity (Wildman–Crippen MR) is 147 cm³/mol. The molecular weight excluding hydrogens is 398 g/mol. The van der Waals surface area contributed by atoms with E-state index in [2.05, 4.69) is 54.7 Å². The minimum atomic E-state index is 0.594. The second-order valence-electron chi connectivity index (χ2n) is 13.4. The summed E-state index contributed by atoms with van der Waals surface area (Å²) in [6, 6.07) is 0. The third-order valence-electron chi connectivity index (χ3n) is 10.9. The summed E-state index contributed by atoms with van der Waals surface area (Å²) in [5.74, 6) is 6.91. The Morgan fingerprint density at radius 3 is 2.30 bits per heavy atom. The van der Waals surface area contributed by atoms with Crippen molar-refractivity contribution < 1.29 is 0 Å². The summed E-state index contributed by atoms with van der Waals surface area (Å²) in [6.45, 7) is 21.0. The minimum absolute atomic E-state index is 0.594. The van der Waals surface area contributed by atoms with E-state index in [9.17, 15) is 0 Å². The standard InChI is InChI=1S/C30H51N.C2H6/c1-8-20(2)19-31-22(4)17-21(3)27-11-12-28-26-10-9-23-18-29(5,6)15-13-24(23)25(26)14-16-30(27,28)7;1-2/h19,21,23-28H,8-18H2,1-7H3;1-2H3/b20-19-,31-22?;/t21-,23?,24?,25?,26?,27?,28?,30?;/m1./s1. The van der Waals surface area contributed by atoms with Crippen LogP contribution in [-0.4, -0.2) is 5.71 Å². The minimum Gasteiger partial charge on any atom is -0.266 e. The Morgan fingerprint density at radius 1 is 0.909 bits per heavy atom. The summed E-state index contributed by atoms with van der Waals surface area (Å²) in [5.41, 5.74) is 3.93. The molecule has 0 aromatic heterocycles. The van der Waals surface area contributed by atoms with Crippen molar-refractivity contribution in [3.8, 4) is 0 Å². The monoisotopic (exact) mass is 455 g/mol. The van der Waals surface area contributed by atoms with Crippen LogP contribution < -0.4 is 0 Å². The SMILES string of the molecule is CC.CC/C(C)=C\N=C(C)C[C@@H](C)C1CCC2C3CCC4CC(C)(C)CCC4C3CCC21C. The molecule has 4 aliphatic rings. The van der Waals surface area contributed by atoms with Crippen LogP contribution in [0.5, 0.6) is 0 Å². The van der Waals surface area contributed by atoms with Gasteiger partial charge in [0.1, 0.15) is 0 Å². The first-order valence-electron chi connectivity index (χ1n) is 14.8. The van der Waals surface area contributed by atoms with Crippen molar-refractivity contribution >= 4 is 5.71 Å². The van der Waals surface area contributed by atoms with Gasteiger partial charge in [-0.05, 0) is 137 Å². The van der Waals surface area contributed by atoms with Crippen LogP contribution >= 0.6 is 0 Å². The van der Waals surface area contributed by atoms with Crippen molar-refractivity contribution in [3.05, 3.63) is 11.8 Å². The molecule has 0 N–H and O–H groups in total. The highest BCUT2D eigenvalue weighted by Crippen LogP contribution is 2.66. The lowest BCUT2D eigenvalue weighted by atomic mass is 9.48. The topological polar surface area (TPSA) is 12.4 Å². The molecular formula is C32H57N. The summed E-state index contributed by atoms with van der Waals surface area (Å²) >= 11 is 0. The number of allylic oxidation sites excluding steroid dienone is 1.